The molecule has 0 heterocycles. The van der Waals surface area contributed by atoms with Crippen LogP contribution in [-0.2, 0) is 0 Å². The molecule has 1 unspecified atom stereocenters. The summed E-state index contributed by atoms with van der Waals surface area (Å²) in [6.07, 6.45) is 20.7. The highest BCUT2D eigenvalue weighted by molar-refractivity contribution is 5.66. The van der Waals surface area contributed by atoms with Gasteiger partial charge in [0.15, 0.2) is 0 Å². The van der Waals surface area contributed by atoms with Gasteiger partial charge in [-0.2, -0.15) is 0 Å². The monoisotopic (exact) mass is 352 g/mol. The Kier molecular flexibility index (Phi) is 5.07. The second-order valence-electron chi connectivity index (χ2n) is 9.54. The highest BCUT2D eigenvalue weighted by Gasteiger charge is 2.37. The first kappa shape index (κ1) is 17.3. The van der Waals surface area contributed by atoms with Gasteiger partial charge in [-0.3, -0.25) is 0 Å². The van der Waals surface area contributed by atoms with E-state index in [1.807, 2.05) is 0 Å². The van der Waals surface area contributed by atoms with Gasteiger partial charge in [-0.05, 0) is 85.3 Å². The zero-order valence-electron chi connectivity index (χ0n) is 16.4. The minimum Gasteiger partial charge on any atom is -0.314 e. The van der Waals surface area contributed by atoms with Crippen LogP contribution in [-0.4, -0.2) is 25.2 Å². The summed E-state index contributed by atoms with van der Waals surface area (Å²) < 4.78 is 0. The van der Waals surface area contributed by atoms with Crippen LogP contribution in [0.25, 0.3) is 0 Å². The van der Waals surface area contributed by atoms with Gasteiger partial charge in [0.1, 0.15) is 0 Å². The lowest BCUT2D eigenvalue weighted by Gasteiger charge is -2.25. The second-order valence-corrected chi connectivity index (χ2v) is 9.54. The van der Waals surface area contributed by atoms with E-state index >= 15 is 0 Å². The van der Waals surface area contributed by atoms with Crippen LogP contribution in [0.15, 0.2) is 33.9 Å². The van der Waals surface area contributed by atoms with E-state index in [1.165, 1.54) is 90.0 Å². The fourth-order valence-corrected chi connectivity index (χ4v) is 6.18. The summed E-state index contributed by atoms with van der Waals surface area (Å²) in [5, 5.41) is 7.78. The van der Waals surface area contributed by atoms with Crippen LogP contribution in [0.1, 0.15) is 83.5 Å². The van der Waals surface area contributed by atoms with Gasteiger partial charge in [-0.25, -0.2) is 0 Å². The average Bonchev–Trinajstić information content (AvgIpc) is 3.38. The minimum atomic E-state index is 0.777. The summed E-state index contributed by atoms with van der Waals surface area (Å²) in [7, 11) is 0. The topological polar surface area (TPSA) is 24.1 Å². The normalized spacial score (nSPS) is 29.7. The summed E-state index contributed by atoms with van der Waals surface area (Å²) in [4.78, 5) is 0. The molecule has 2 nitrogen and oxygen atoms in total. The zero-order valence-corrected chi connectivity index (χ0v) is 16.4. The fraction of sp³-hybridized carbons (Fsp3) is 0.750. The Balaban J connectivity index is 1.15. The van der Waals surface area contributed by atoms with E-state index in [-0.39, 0.29) is 0 Å². The third kappa shape index (κ3) is 3.47. The van der Waals surface area contributed by atoms with Crippen LogP contribution < -0.4 is 10.6 Å². The van der Waals surface area contributed by atoms with E-state index in [0.717, 1.165) is 24.5 Å². The molecule has 0 aliphatic heterocycles. The third-order valence-corrected chi connectivity index (χ3v) is 7.69. The SMILES string of the molecule is C1=C2CC(=C1CNC1CCCCC1)C1=C2CC(CNC2CCCCC2)C1. The first-order valence-electron chi connectivity index (χ1n) is 11.5. The quantitative estimate of drug-likeness (QED) is 0.688. The molecule has 2 fully saturated rings. The summed E-state index contributed by atoms with van der Waals surface area (Å²) in [6.45, 7) is 2.36. The van der Waals surface area contributed by atoms with Crippen molar-refractivity contribution in [3.05, 3.63) is 33.9 Å². The number of nitrogens with one attached hydrogen (secondary N) is 2. The molecule has 0 spiro atoms. The molecule has 0 radical (unpaired) electrons. The minimum absolute atomic E-state index is 0.777. The van der Waals surface area contributed by atoms with Gasteiger partial charge in [0.05, 0.1) is 0 Å². The second kappa shape index (κ2) is 7.64. The van der Waals surface area contributed by atoms with Gasteiger partial charge in [-0.15, -0.1) is 0 Å². The lowest BCUT2D eigenvalue weighted by Crippen LogP contribution is -2.34. The van der Waals surface area contributed by atoms with Gasteiger partial charge < -0.3 is 10.6 Å². The predicted octanol–water partition coefficient (Wildman–Crippen LogP) is 5.18. The Labute approximate surface area is 159 Å². The molecule has 5 rings (SSSR count). The van der Waals surface area contributed by atoms with Crippen LogP contribution in [0.2, 0.25) is 0 Å². The molecule has 2 saturated carbocycles. The maximum absolute atomic E-state index is 3.91. The standard InChI is InChI=1S/C24H36N2/c1-3-7-20(8-4-1)25-15-17-11-22-18-13-19(23(14-18)24(22)12-17)16-26-21-9-5-2-6-10-21/h13,17,20-21,25-26H,1-12,14-16H2. The Morgan fingerprint density at radius 2 is 1.38 bits per heavy atom. The van der Waals surface area contributed by atoms with Gasteiger partial charge >= 0.3 is 0 Å². The van der Waals surface area contributed by atoms with Crippen molar-refractivity contribution >= 4 is 0 Å². The van der Waals surface area contributed by atoms with E-state index in [9.17, 15) is 0 Å². The largest absolute Gasteiger partial charge is 0.314 e. The van der Waals surface area contributed by atoms with Gasteiger partial charge in [0.25, 0.3) is 0 Å². The molecule has 2 heteroatoms. The lowest BCUT2D eigenvalue weighted by atomic mass is 9.93. The Morgan fingerprint density at radius 1 is 0.731 bits per heavy atom. The molecule has 5 aliphatic carbocycles. The van der Waals surface area contributed by atoms with Crippen LogP contribution in [0.5, 0.6) is 0 Å². The van der Waals surface area contributed by atoms with Crippen molar-refractivity contribution in [2.24, 2.45) is 5.92 Å². The molecule has 0 aromatic heterocycles. The Morgan fingerprint density at radius 3 is 2.12 bits per heavy atom. The van der Waals surface area contributed by atoms with Crippen molar-refractivity contribution in [3.63, 3.8) is 0 Å². The summed E-state index contributed by atoms with van der Waals surface area (Å²) in [5.41, 5.74) is 8.54. The van der Waals surface area contributed by atoms with Crippen molar-refractivity contribution in [1.29, 1.82) is 0 Å². The summed E-state index contributed by atoms with van der Waals surface area (Å²) >= 11 is 0. The Hall–Kier alpha value is -0.860. The average molecular weight is 353 g/mol. The highest BCUT2D eigenvalue weighted by atomic mass is 14.9. The van der Waals surface area contributed by atoms with Crippen molar-refractivity contribution in [1.82, 2.24) is 10.6 Å². The Bertz CT molecular complexity index is 627. The molecule has 1 atom stereocenters. The molecular weight excluding hydrogens is 316 g/mol. The van der Waals surface area contributed by atoms with Crippen LogP contribution >= 0.6 is 0 Å². The molecule has 142 valence electrons. The molecule has 5 aliphatic rings. The molecule has 2 N–H and O–H groups in total. The van der Waals surface area contributed by atoms with Crippen molar-refractivity contribution < 1.29 is 0 Å². The van der Waals surface area contributed by atoms with E-state index < -0.39 is 0 Å². The third-order valence-electron chi connectivity index (χ3n) is 7.69. The molecule has 26 heavy (non-hydrogen) atoms. The first-order valence-corrected chi connectivity index (χ1v) is 11.5. The highest BCUT2D eigenvalue weighted by Crippen LogP contribution is 2.52. The van der Waals surface area contributed by atoms with Gasteiger partial charge in [-0.1, -0.05) is 44.6 Å². The van der Waals surface area contributed by atoms with Crippen LogP contribution in [0.3, 0.4) is 0 Å². The number of hydrogen-bond donors (Lipinski definition) is 2. The van der Waals surface area contributed by atoms with Gasteiger partial charge in [0, 0.05) is 18.6 Å². The fourth-order valence-electron chi connectivity index (χ4n) is 6.18. The molecular formula is C24H36N2. The van der Waals surface area contributed by atoms with E-state index in [1.54, 1.807) is 27.9 Å². The van der Waals surface area contributed by atoms with Crippen molar-refractivity contribution in [2.45, 2.75) is 95.6 Å². The predicted molar refractivity (Wildman–Crippen MR) is 109 cm³/mol. The van der Waals surface area contributed by atoms with E-state index in [0.29, 0.717) is 0 Å². The van der Waals surface area contributed by atoms with E-state index in [4.69, 9.17) is 0 Å². The number of allylic oxidation sites excluding steroid dienone is 4. The zero-order chi connectivity index (χ0) is 17.3. The first-order chi connectivity index (χ1) is 12.9. The summed E-state index contributed by atoms with van der Waals surface area (Å²) in [5.74, 6) is 0.853. The lowest BCUT2D eigenvalue weighted by molar-refractivity contribution is 0.348. The van der Waals surface area contributed by atoms with Crippen molar-refractivity contribution in [2.75, 3.05) is 13.1 Å². The maximum Gasteiger partial charge on any atom is 0.0211 e. The number of rotatable bonds is 6. The molecule has 2 bridgehead atoms. The maximum atomic E-state index is 3.91. The molecule has 0 saturated heterocycles. The molecule has 0 amide bonds. The van der Waals surface area contributed by atoms with Crippen LogP contribution in [0, 0.1) is 5.92 Å². The summed E-state index contributed by atoms with van der Waals surface area (Å²) in [6, 6.07) is 1.59. The van der Waals surface area contributed by atoms with Crippen molar-refractivity contribution in [3.8, 4) is 0 Å². The smallest absolute Gasteiger partial charge is 0.0211 e. The molecule has 0 aromatic rings. The van der Waals surface area contributed by atoms with Crippen LogP contribution in [0.4, 0.5) is 0 Å². The van der Waals surface area contributed by atoms with Gasteiger partial charge in [0.2, 0.25) is 0 Å². The van der Waals surface area contributed by atoms with E-state index in [2.05, 4.69) is 16.7 Å². The number of fused-ring (bicyclic) bond motifs is 4. The number of hydrogen-bond acceptors (Lipinski definition) is 2. The molecule has 0 aromatic carbocycles.